The van der Waals surface area contributed by atoms with Crippen LogP contribution in [0.5, 0.6) is 0 Å². The molecule has 0 bridgehead atoms. The van der Waals surface area contributed by atoms with E-state index >= 15 is 0 Å². The second-order valence-electron chi connectivity index (χ2n) is 5.91. The minimum atomic E-state index is -5.67. The normalized spacial score (nSPS) is 14.3. The fourth-order valence-corrected chi connectivity index (χ4v) is 7.82. The van der Waals surface area contributed by atoms with Crippen molar-refractivity contribution in [2.24, 2.45) is 0 Å². The van der Waals surface area contributed by atoms with E-state index in [0.29, 0.717) is 14.7 Å². The topological polar surface area (TPSA) is 43.4 Å². The standard InChI is InChI=1S/C20H16F4O3S2/c21-19(20(22,23)24)29(25,26)27-28(16-10-4-1-5-11-16,17-12-6-2-7-13-17)18-14-8-3-9-15-18/h1-15,19H. The van der Waals surface area contributed by atoms with E-state index in [9.17, 15) is 26.0 Å². The van der Waals surface area contributed by atoms with Crippen LogP contribution in [0.2, 0.25) is 0 Å². The lowest BCUT2D eigenvalue weighted by molar-refractivity contribution is -0.157. The van der Waals surface area contributed by atoms with Gasteiger partial charge in [-0.05, 0) is 46.7 Å². The monoisotopic (exact) mass is 444 g/mol. The summed E-state index contributed by atoms with van der Waals surface area (Å²) in [7, 11) is -8.90. The Morgan fingerprint density at radius 3 is 1.24 bits per heavy atom. The smallest absolute Gasteiger partial charge is 0.217 e. The number of hydrogen-bond donors (Lipinski definition) is 0. The lowest BCUT2D eigenvalue weighted by Gasteiger charge is -2.39. The number of hydrogen-bond acceptors (Lipinski definition) is 3. The van der Waals surface area contributed by atoms with Crippen LogP contribution < -0.4 is 0 Å². The van der Waals surface area contributed by atoms with Crippen molar-refractivity contribution < 1.29 is 29.6 Å². The fraction of sp³-hybridized carbons (Fsp3) is 0.100. The van der Waals surface area contributed by atoms with Crippen molar-refractivity contribution in [2.45, 2.75) is 26.4 Å². The van der Waals surface area contributed by atoms with Gasteiger partial charge in [0, 0.05) is 14.7 Å². The maximum absolute atomic E-state index is 13.9. The highest BCUT2D eigenvalue weighted by atomic mass is 32.3. The molecule has 0 aromatic heterocycles. The maximum Gasteiger partial charge on any atom is 0.436 e. The lowest BCUT2D eigenvalue weighted by Crippen LogP contribution is -2.34. The molecule has 9 heteroatoms. The first kappa shape index (κ1) is 21.4. The predicted octanol–water partition coefficient (Wildman–Crippen LogP) is 6.09. The van der Waals surface area contributed by atoms with Gasteiger partial charge in [0.05, 0.1) is 0 Å². The van der Waals surface area contributed by atoms with Crippen molar-refractivity contribution in [3.63, 3.8) is 0 Å². The summed E-state index contributed by atoms with van der Waals surface area (Å²) in [5.74, 6) is 0. The first-order valence-corrected chi connectivity index (χ1v) is 11.4. The molecular formula is C20H16F4O3S2. The molecule has 154 valence electrons. The van der Waals surface area contributed by atoms with Crippen molar-refractivity contribution in [1.29, 1.82) is 0 Å². The highest BCUT2D eigenvalue weighted by Crippen LogP contribution is 2.70. The van der Waals surface area contributed by atoms with E-state index in [2.05, 4.69) is 0 Å². The van der Waals surface area contributed by atoms with Crippen LogP contribution in [0.4, 0.5) is 17.6 Å². The van der Waals surface area contributed by atoms with Crippen molar-refractivity contribution in [1.82, 2.24) is 0 Å². The zero-order valence-corrected chi connectivity index (χ0v) is 16.4. The molecule has 1 atom stereocenters. The molecule has 0 heterocycles. The van der Waals surface area contributed by atoms with Crippen molar-refractivity contribution in [3.8, 4) is 0 Å². The van der Waals surface area contributed by atoms with Gasteiger partial charge in [-0.25, -0.2) is 8.02 Å². The largest absolute Gasteiger partial charge is 0.436 e. The molecule has 0 radical (unpaired) electrons. The van der Waals surface area contributed by atoms with E-state index in [-0.39, 0.29) is 0 Å². The number of benzene rings is 3. The Balaban J connectivity index is 2.32. The minimum Gasteiger partial charge on any atom is -0.217 e. The molecule has 0 spiro atoms. The van der Waals surface area contributed by atoms with Gasteiger partial charge in [0.2, 0.25) is 0 Å². The summed E-state index contributed by atoms with van der Waals surface area (Å²) in [6.07, 6.45) is -5.62. The van der Waals surface area contributed by atoms with Gasteiger partial charge in [0.25, 0.3) is 0 Å². The van der Waals surface area contributed by atoms with Crippen LogP contribution in [-0.4, -0.2) is 20.1 Å². The Morgan fingerprint density at radius 1 is 0.655 bits per heavy atom. The van der Waals surface area contributed by atoms with Gasteiger partial charge in [-0.1, -0.05) is 54.6 Å². The van der Waals surface area contributed by atoms with Crippen LogP contribution in [0.1, 0.15) is 0 Å². The first-order chi connectivity index (χ1) is 13.7. The molecule has 3 aromatic carbocycles. The summed E-state index contributed by atoms with van der Waals surface area (Å²) in [6, 6.07) is 23.9. The zero-order chi connectivity index (χ0) is 21.1. The van der Waals surface area contributed by atoms with Crippen LogP contribution in [0.25, 0.3) is 0 Å². The van der Waals surface area contributed by atoms with Gasteiger partial charge in [-0.2, -0.15) is 21.6 Å². The molecule has 0 amide bonds. The maximum atomic E-state index is 13.9. The first-order valence-electron chi connectivity index (χ1n) is 8.32. The molecule has 3 rings (SSSR count). The summed E-state index contributed by atoms with van der Waals surface area (Å²) < 4.78 is 82.7. The molecule has 29 heavy (non-hydrogen) atoms. The molecule has 3 aromatic rings. The third kappa shape index (κ3) is 4.31. The quantitative estimate of drug-likeness (QED) is 0.432. The van der Waals surface area contributed by atoms with Crippen LogP contribution in [0, 0.1) is 0 Å². The zero-order valence-electron chi connectivity index (χ0n) is 14.8. The van der Waals surface area contributed by atoms with Gasteiger partial charge < -0.3 is 0 Å². The highest BCUT2D eigenvalue weighted by Gasteiger charge is 2.53. The molecule has 0 fully saturated rings. The molecule has 0 aliphatic rings. The van der Waals surface area contributed by atoms with Crippen molar-refractivity contribution >= 4 is 20.4 Å². The number of rotatable bonds is 6. The third-order valence-electron chi connectivity index (χ3n) is 3.93. The highest BCUT2D eigenvalue weighted by molar-refractivity contribution is 8.33. The average molecular weight is 444 g/mol. The van der Waals surface area contributed by atoms with Gasteiger partial charge in [0.15, 0.2) is 0 Å². The van der Waals surface area contributed by atoms with Crippen LogP contribution in [0.3, 0.4) is 0 Å². The molecule has 0 aliphatic heterocycles. The number of alkyl halides is 4. The Morgan fingerprint density at radius 2 is 0.966 bits per heavy atom. The average Bonchev–Trinajstić information content (AvgIpc) is 2.73. The Labute approximate surface area is 167 Å². The fourth-order valence-electron chi connectivity index (χ4n) is 2.70. The second-order valence-corrected chi connectivity index (χ2v) is 10.4. The van der Waals surface area contributed by atoms with Crippen LogP contribution in [-0.2, 0) is 13.7 Å². The lowest BCUT2D eigenvalue weighted by atomic mass is 10.4. The van der Waals surface area contributed by atoms with E-state index < -0.39 is 32.1 Å². The molecular weight excluding hydrogens is 428 g/mol. The molecule has 0 saturated heterocycles. The van der Waals surface area contributed by atoms with Gasteiger partial charge in [-0.15, -0.1) is 0 Å². The predicted molar refractivity (Wildman–Crippen MR) is 103 cm³/mol. The molecule has 1 unspecified atom stereocenters. The van der Waals surface area contributed by atoms with E-state index in [1.807, 2.05) is 0 Å². The van der Waals surface area contributed by atoms with Crippen LogP contribution >= 0.6 is 10.3 Å². The van der Waals surface area contributed by atoms with Gasteiger partial charge >= 0.3 is 21.8 Å². The Bertz CT molecular complexity index is 945. The van der Waals surface area contributed by atoms with Crippen molar-refractivity contribution in [3.05, 3.63) is 91.0 Å². The summed E-state index contributed by atoms with van der Waals surface area (Å²) in [6.45, 7) is 0. The van der Waals surface area contributed by atoms with E-state index in [1.165, 1.54) is 0 Å². The molecule has 0 N–H and O–H groups in total. The second kappa shape index (κ2) is 8.17. The van der Waals surface area contributed by atoms with Gasteiger partial charge in [0.1, 0.15) is 0 Å². The van der Waals surface area contributed by atoms with Gasteiger partial charge in [-0.3, -0.25) is 0 Å². The summed E-state index contributed by atoms with van der Waals surface area (Å²) in [5, 5.41) is 0. The molecule has 0 aliphatic carbocycles. The Kier molecular flexibility index (Phi) is 6.02. The summed E-state index contributed by atoms with van der Waals surface area (Å²) in [4.78, 5) is 0.945. The van der Waals surface area contributed by atoms with Crippen LogP contribution in [0.15, 0.2) is 106 Å². The van der Waals surface area contributed by atoms with E-state index in [0.717, 1.165) is 0 Å². The molecule has 3 nitrogen and oxygen atoms in total. The summed E-state index contributed by atoms with van der Waals surface area (Å²) in [5.41, 5.74) is -4.17. The minimum absolute atomic E-state index is 0.315. The van der Waals surface area contributed by atoms with E-state index in [1.54, 1.807) is 91.0 Å². The summed E-state index contributed by atoms with van der Waals surface area (Å²) >= 11 is 0. The number of halogens is 4. The van der Waals surface area contributed by atoms with Crippen molar-refractivity contribution in [2.75, 3.05) is 0 Å². The molecule has 0 saturated carbocycles. The third-order valence-corrected chi connectivity index (χ3v) is 9.09. The van der Waals surface area contributed by atoms with E-state index in [4.69, 9.17) is 3.63 Å². The SMILES string of the molecule is O=S(=O)(OS(c1ccccc1)(c1ccccc1)c1ccccc1)C(F)C(F)(F)F. The Hall–Kier alpha value is -2.36.